The summed E-state index contributed by atoms with van der Waals surface area (Å²) in [5, 5.41) is 2.69. The first kappa shape index (κ1) is 17.2. The Labute approximate surface area is 149 Å². The maximum atomic E-state index is 12.2. The van der Waals surface area contributed by atoms with E-state index in [4.69, 9.17) is 13.9 Å². The number of carbonyl (C=O) groups is 2. The number of hydrogen-bond donors (Lipinski definition) is 0. The standard InChI is InChI=1S/C19H18O5S/c1-12-14-11-13(22-2)7-8-16(14)24-18(12)19(21)23-9-3-5-15(20)17-6-4-10-25-17/h4,6-8,10-11H,3,5,9H2,1-2H3. The van der Waals surface area contributed by atoms with Crippen molar-refractivity contribution in [3.05, 3.63) is 51.9 Å². The fourth-order valence-corrected chi connectivity index (χ4v) is 3.24. The molecule has 0 amide bonds. The molecule has 130 valence electrons. The van der Waals surface area contributed by atoms with Crippen molar-refractivity contribution in [2.75, 3.05) is 13.7 Å². The predicted octanol–water partition coefficient (Wildman–Crippen LogP) is 4.63. The summed E-state index contributed by atoms with van der Waals surface area (Å²) in [4.78, 5) is 24.9. The van der Waals surface area contributed by atoms with E-state index in [-0.39, 0.29) is 18.2 Å². The Kier molecular flexibility index (Phi) is 5.19. The van der Waals surface area contributed by atoms with Crippen LogP contribution in [0.4, 0.5) is 0 Å². The molecule has 0 aliphatic rings. The topological polar surface area (TPSA) is 65.7 Å². The molecule has 25 heavy (non-hydrogen) atoms. The van der Waals surface area contributed by atoms with Crippen molar-refractivity contribution in [3.8, 4) is 5.75 Å². The highest BCUT2D eigenvalue weighted by atomic mass is 32.1. The fourth-order valence-electron chi connectivity index (χ4n) is 2.55. The van der Waals surface area contributed by atoms with Gasteiger partial charge in [-0.05, 0) is 43.0 Å². The largest absolute Gasteiger partial charge is 0.497 e. The molecule has 2 aromatic heterocycles. The van der Waals surface area contributed by atoms with Crippen LogP contribution in [-0.2, 0) is 4.74 Å². The molecule has 6 heteroatoms. The number of ketones is 1. The highest BCUT2D eigenvalue weighted by molar-refractivity contribution is 7.12. The second-order valence-corrected chi connectivity index (χ2v) is 6.51. The van der Waals surface area contributed by atoms with Gasteiger partial charge in [-0.25, -0.2) is 4.79 Å². The Balaban J connectivity index is 1.59. The molecule has 0 atom stereocenters. The van der Waals surface area contributed by atoms with Crippen LogP contribution in [0.5, 0.6) is 5.75 Å². The molecule has 0 bridgehead atoms. The van der Waals surface area contributed by atoms with Gasteiger partial charge in [-0.15, -0.1) is 11.3 Å². The van der Waals surface area contributed by atoms with Crippen LogP contribution in [-0.4, -0.2) is 25.5 Å². The van der Waals surface area contributed by atoms with Gasteiger partial charge in [0.05, 0.1) is 18.6 Å². The van der Waals surface area contributed by atoms with Gasteiger partial charge in [0.2, 0.25) is 5.76 Å². The number of rotatable bonds is 7. The number of aryl methyl sites for hydroxylation is 1. The third-order valence-electron chi connectivity index (χ3n) is 3.91. The summed E-state index contributed by atoms with van der Waals surface area (Å²) in [6.45, 7) is 1.98. The molecule has 0 saturated heterocycles. The van der Waals surface area contributed by atoms with Gasteiger partial charge in [-0.3, -0.25) is 4.79 Å². The molecular formula is C19H18O5S. The number of hydrogen-bond acceptors (Lipinski definition) is 6. The summed E-state index contributed by atoms with van der Waals surface area (Å²) >= 11 is 1.42. The number of ether oxygens (including phenoxy) is 2. The lowest BCUT2D eigenvalue weighted by molar-refractivity contribution is 0.0460. The number of Topliss-reactive ketones (excluding diaryl/α,β-unsaturated/α-hetero) is 1. The average Bonchev–Trinajstić information content (AvgIpc) is 3.27. The van der Waals surface area contributed by atoms with Crippen molar-refractivity contribution in [2.45, 2.75) is 19.8 Å². The highest BCUT2D eigenvalue weighted by Crippen LogP contribution is 2.29. The Hall–Kier alpha value is -2.60. The lowest BCUT2D eigenvalue weighted by Crippen LogP contribution is -2.08. The summed E-state index contributed by atoms with van der Waals surface area (Å²) in [6, 6.07) is 9.00. The van der Waals surface area contributed by atoms with Crippen LogP contribution in [0, 0.1) is 6.92 Å². The minimum absolute atomic E-state index is 0.0676. The van der Waals surface area contributed by atoms with E-state index >= 15 is 0 Å². The molecule has 0 N–H and O–H groups in total. The summed E-state index contributed by atoms with van der Waals surface area (Å²) in [5.41, 5.74) is 1.33. The normalized spacial score (nSPS) is 10.8. The molecule has 0 radical (unpaired) electrons. The molecule has 0 unspecified atom stereocenters. The molecule has 0 saturated carbocycles. The minimum atomic E-state index is -0.517. The first-order chi connectivity index (χ1) is 12.1. The molecule has 0 aliphatic heterocycles. The van der Waals surface area contributed by atoms with Crippen LogP contribution in [0.1, 0.15) is 38.6 Å². The SMILES string of the molecule is COc1ccc2oc(C(=O)OCCCC(=O)c3cccs3)c(C)c2c1. The van der Waals surface area contributed by atoms with E-state index in [0.29, 0.717) is 29.7 Å². The highest BCUT2D eigenvalue weighted by Gasteiger charge is 2.19. The first-order valence-electron chi connectivity index (χ1n) is 7.91. The lowest BCUT2D eigenvalue weighted by Gasteiger charge is -2.03. The van der Waals surface area contributed by atoms with E-state index in [1.807, 2.05) is 24.4 Å². The van der Waals surface area contributed by atoms with Crippen molar-refractivity contribution in [2.24, 2.45) is 0 Å². The number of thiophene rings is 1. The molecule has 0 aliphatic carbocycles. The second kappa shape index (κ2) is 7.53. The van der Waals surface area contributed by atoms with E-state index in [9.17, 15) is 9.59 Å². The fraction of sp³-hybridized carbons (Fsp3) is 0.263. The third kappa shape index (κ3) is 3.74. The van der Waals surface area contributed by atoms with E-state index in [1.165, 1.54) is 11.3 Å². The zero-order chi connectivity index (χ0) is 17.8. The summed E-state index contributed by atoms with van der Waals surface area (Å²) in [6.07, 6.45) is 0.833. The molecule has 3 rings (SSSR count). The van der Waals surface area contributed by atoms with Crippen molar-refractivity contribution in [1.82, 2.24) is 0 Å². The molecule has 2 heterocycles. The van der Waals surface area contributed by atoms with Gasteiger partial charge in [0, 0.05) is 17.4 Å². The van der Waals surface area contributed by atoms with Gasteiger partial charge in [0.15, 0.2) is 5.78 Å². The lowest BCUT2D eigenvalue weighted by atomic mass is 10.1. The minimum Gasteiger partial charge on any atom is -0.497 e. The van der Waals surface area contributed by atoms with E-state index < -0.39 is 5.97 Å². The smallest absolute Gasteiger partial charge is 0.374 e. The number of methoxy groups -OCH3 is 1. The number of carbonyl (C=O) groups excluding carboxylic acids is 2. The van der Waals surface area contributed by atoms with Gasteiger partial charge in [-0.2, -0.15) is 0 Å². The molecule has 0 spiro atoms. The molecular weight excluding hydrogens is 340 g/mol. The van der Waals surface area contributed by atoms with Crippen molar-refractivity contribution < 1.29 is 23.5 Å². The number of fused-ring (bicyclic) bond motifs is 1. The quantitative estimate of drug-likeness (QED) is 0.350. The maximum Gasteiger partial charge on any atom is 0.374 e. The Morgan fingerprint density at radius 3 is 2.80 bits per heavy atom. The zero-order valence-electron chi connectivity index (χ0n) is 14.0. The number of esters is 1. The number of furan rings is 1. The summed E-state index contributed by atoms with van der Waals surface area (Å²) in [5.74, 6) is 0.436. The van der Waals surface area contributed by atoms with Crippen LogP contribution >= 0.6 is 11.3 Å². The molecule has 3 aromatic rings. The van der Waals surface area contributed by atoms with E-state index in [0.717, 1.165) is 10.3 Å². The maximum absolute atomic E-state index is 12.2. The monoisotopic (exact) mass is 358 g/mol. The first-order valence-corrected chi connectivity index (χ1v) is 8.79. The van der Waals surface area contributed by atoms with E-state index in [1.54, 1.807) is 25.3 Å². The van der Waals surface area contributed by atoms with Crippen LogP contribution in [0.3, 0.4) is 0 Å². The van der Waals surface area contributed by atoms with Crippen LogP contribution in [0.2, 0.25) is 0 Å². The van der Waals surface area contributed by atoms with Gasteiger partial charge in [0.25, 0.3) is 0 Å². The zero-order valence-corrected chi connectivity index (χ0v) is 14.9. The predicted molar refractivity (Wildman–Crippen MR) is 95.7 cm³/mol. The van der Waals surface area contributed by atoms with Crippen LogP contribution in [0.25, 0.3) is 11.0 Å². The molecule has 0 fully saturated rings. The third-order valence-corrected chi connectivity index (χ3v) is 4.82. The van der Waals surface area contributed by atoms with Crippen LogP contribution in [0.15, 0.2) is 40.1 Å². The van der Waals surface area contributed by atoms with Crippen molar-refractivity contribution in [1.29, 1.82) is 0 Å². The summed E-state index contributed by atoms with van der Waals surface area (Å²) < 4.78 is 16.0. The summed E-state index contributed by atoms with van der Waals surface area (Å²) in [7, 11) is 1.59. The van der Waals surface area contributed by atoms with Gasteiger partial charge in [-0.1, -0.05) is 6.07 Å². The van der Waals surface area contributed by atoms with Gasteiger partial charge < -0.3 is 13.9 Å². The average molecular weight is 358 g/mol. The Morgan fingerprint density at radius 1 is 1.24 bits per heavy atom. The van der Waals surface area contributed by atoms with Crippen molar-refractivity contribution >= 4 is 34.1 Å². The van der Waals surface area contributed by atoms with Gasteiger partial charge in [0.1, 0.15) is 11.3 Å². The molecule has 1 aromatic carbocycles. The second-order valence-electron chi connectivity index (χ2n) is 5.56. The van der Waals surface area contributed by atoms with E-state index in [2.05, 4.69) is 0 Å². The number of benzene rings is 1. The van der Waals surface area contributed by atoms with Crippen LogP contribution < -0.4 is 4.74 Å². The Bertz CT molecular complexity index is 892. The molecule has 5 nitrogen and oxygen atoms in total. The van der Waals surface area contributed by atoms with Gasteiger partial charge >= 0.3 is 5.97 Å². The Morgan fingerprint density at radius 2 is 2.08 bits per heavy atom. The van der Waals surface area contributed by atoms with Crippen molar-refractivity contribution in [3.63, 3.8) is 0 Å².